The van der Waals surface area contributed by atoms with Crippen molar-refractivity contribution >= 4 is 6.03 Å². The van der Waals surface area contributed by atoms with Gasteiger partial charge >= 0.3 is 6.03 Å². The summed E-state index contributed by atoms with van der Waals surface area (Å²) >= 11 is 0. The second-order valence-electron chi connectivity index (χ2n) is 5.25. The van der Waals surface area contributed by atoms with Crippen molar-refractivity contribution in [3.05, 3.63) is 0 Å². The first-order chi connectivity index (χ1) is 7.52. The Labute approximate surface area is 97.8 Å². The molecule has 0 aliphatic heterocycles. The number of amides is 2. The van der Waals surface area contributed by atoms with Crippen LogP contribution in [-0.4, -0.2) is 29.8 Å². The molecule has 3 N–H and O–H groups in total. The van der Waals surface area contributed by atoms with Crippen molar-refractivity contribution in [2.45, 2.75) is 52.1 Å². The standard InChI is InChI=1S/C12H24N2O2/c1-8(2)6-11(7-15)14-12(16)13-9(3)10-4-5-10/h8-11,15H,4-7H2,1-3H3,(H2,13,14,16). The maximum atomic E-state index is 11.6. The molecular formula is C12H24N2O2. The summed E-state index contributed by atoms with van der Waals surface area (Å²) in [4.78, 5) is 11.6. The fourth-order valence-electron chi connectivity index (χ4n) is 1.90. The molecule has 0 aromatic carbocycles. The molecule has 0 radical (unpaired) electrons. The lowest BCUT2D eigenvalue weighted by Gasteiger charge is -2.20. The number of nitrogens with one attached hydrogen (secondary N) is 2. The smallest absolute Gasteiger partial charge is 0.315 e. The van der Waals surface area contributed by atoms with Crippen LogP contribution in [0.5, 0.6) is 0 Å². The highest BCUT2D eigenvalue weighted by molar-refractivity contribution is 5.74. The summed E-state index contributed by atoms with van der Waals surface area (Å²) in [6.45, 7) is 6.20. The summed E-state index contributed by atoms with van der Waals surface area (Å²) in [5.41, 5.74) is 0. The van der Waals surface area contributed by atoms with Crippen molar-refractivity contribution in [1.82, 2.24) is 10.6 Å². The van der Waals surface area contributed by atoms with Gasteiger partial charge in [-0.05, 0) is 38.0 Å². The summed E-state index contributed by atoms with van der Waals surface area (Å²) in [5.74, 6) is 1.13. The molecule has 1 fully saturated rings. The van der Waals surface area contributed by atoms with Gasteiger partial charge in [0.1, 0.15) is 0 Å². The van der Waals surface area contributed by atoms with Crippen molar-refractivity contribution < 1.29 is 9.90 Å². The lowest BCUT2D eigenvalue weighted by atomic mass is 10.0. The highest BCUT2D eigenvalue weighted by Gasteiger charge is 2.29. The predicted octanol–water partition coefficient (Wildman–Crippen LogP) is 1.49. The molecule has 1 rings (SSSR count). The van der Waals surface area contributed by atoms with Crippen LogP contribution >= 0.6 is 0 Å². The Morgan fingerprint density at radius 1 is 1.31 bits per heavy atom. The van der Waals surface area contributed by atoms with Crippen LogP contribution in [0.1, 0.15) is 40.0 Å². The minimum absolute atomic E-state index is 0.00338. The van der Waals surface area contributed by atoms with Crippen LogP contribution < -0.4 is 10.6 Å². The number of carbonyl (C=O) groups is 1. The number of hydrogen-bond donors (Lipinski definition) is 3. The lowest BCUT2D eigenvalue weighted by molar-refractivity contribution is 0.204. The van der Waals surface area contributed by atoms with Gasteiger partial charge in [-0.1, -0.05) is 13.8 Å². The SMILES string of the molecule is CC(C)CC(CO)NC(=O)NC(C)C1CC1. The second kappa shape index (κ2) is 6.09. The molecule has 0 heterocycles. The van der Waals surface area contributed by atoms with E-state index in [1.54, 1.807) is 0 Å². The van der Waals surface area contributed by atoms with E-state index in [0.717, 1.165) is 6.42 Å². The molecular weight excluding hydrogens is 204 g/mol. The van der Waals surface area contributed by atoms with E-state index in [4.69, 9.17) is 5.11 Å². The van der Waals surface area contributed by atoms with Crippen LogP contribution in [-0.2, 0) is 0 Å². The zero-order valence-corrected chi connectivity index (χ0v) is 10.5. The van der Waals surface area contributed by atoms with Gasteiger partial charge in [-0.2, -0.15) is 0 Å². The Morgan fingerprint density at radius 3 is 2.38 bits per heavy atom. The number of rotatable bonds is 6. The Morgan fingerprint density at radius 2 is 1.94 bits per heavy atom. The monoisotopic (exact) mass is 228 g/mol. The van der Waals surface area contributed by atoms with Gasteiger partial charge in [0.2, 0.25) is 0 Å². The van der Waals surface area contributed by atoms with Crippen molar-refractivity contribution in [1.29, 1.82) is 0 Å². The normalized spacial score (nSPS) is 19.3. The molecule has 4 heteroatoms. The van der Waals surface area contributed by atoms with Crippen LogP contribution in [0, 0.1) is 11.8 Å². The molecule has 0 aromatic rings. The summed E-state index contributed by atoms with van der Waals surface area (Å²) < 4.78 is 0. The van der Waals surface area contributed by atoms with Gasteiger partial charge in [-0.25, -0.2) is 4.79 Å². The summed E-state index contributed by atoms with van der Waals surface area (Å²) in [7, 11) is 0. The van der Waals surface area contributed by atoms with Crippen LogP contribution in [0.25, 0.3) is 0 Å². The third kappa shape index (κ3) is 4.84. The fraction of sp³-hybridized carbons (Fsp3) is 0.917. The van der Waals surface area contributed by atoms with Gasteiger partial charge in [-0.3, -0.25) is 0 Å². The molecule has 0 saturated heterocycles. The predicted molar refractivity (Wildman–Crippen MR) is 64.2 cm³/mol. The molecule has 0 spiro atoms. The Kier molecular flexibility index (Phi) is 5.06. The van der Waals surface area contributed by atoms with Crippen molar-refractivity contribution in [3.8, 4) is 0 Å². The molecule has 1 aliphatic carbocycles. The number of urea groups is 1. The summed E-state index contributed by atoms with van der Waals surface area (Å²) in [6.07, 6.45) is 3.25. The van der Waals surface area contributed by atoms with Crippen LogP contribution in [0.2, 0.25) is 0 Å². The van der Waals surface area contributed by atoms with Gasteiger partial charge in [0.05, 0.1) is 12.6 Å². The molecule has 94 valence electrons. The molecule has 1 aliphatic rings. The number of hydrogen-bond acceptors (Lipinski definition) is 2. The highest BCUT2D eigenvalue weighted by atomic mass is 16.3. The fourth-order valence-corrected chi connectivity index (χ4v) is 1.90. The van der Waals surface area contributed by atoms with Gasteiger partial charge in [0.15, 0.2) is 0 Å². The first-order valence-corrected chi connectivity index (χ1v) is 6.20. The summed E-state index contributed by atoms with van der Waals surface area (Å²) in [5, 5.41) is 14.9. The van der Waals surface area contributed by atoms with E-state index < -0.39 is 0 Å². The molecule has 1 saturated carbocycles. The number of aliphatic hydroxyl groups excluding tert-OH is 1. The minimum Gasteiger partial charge on any atom is -0.394 e. The number of aliphatic hydroxyl groups is 1. The van der Waals surface area contributed by atoms with E-state index >= 15 is 0 Å². The van der Waals surface area contributed by atoms with Gasteiger partial charge in [-0.15, -0.1) is 0 Å². The summed E-state index contributed by atoms with van der Waals surface area (Å²) in [6, 6.07) is -0.0381. The van der Waals surface area contributed by atoms with Crippen molar-refractivity contribution in [2.75, 3.05) is 6.61 Å². The zero-order valence-electron chi connectivity index (χ0n) is 10.5. The molecule has 0 bridgehead atoms. The van der Waals surface area contributed by atoms with E-state index in [2.05, 4.69) is 24.5 Å². The topological polar surface area (TPSA) is 61.4 Å². The van der Waals surface area contributed by atoms with Crippen molar-refractivity contribution in [3.63, 3.8) is 0 Å². The van der Waals surface area contributed by atoms with Gasteiger partial charge in [0.25, 0.3) is 0 Å². The van der Waals surface area contributed by atoms with Gasteiger partial charge in [0, 0.05) is 6.04 Å². The Balaban J connectivity index is 2.24. The van der Waals surface area contributed by atoms with E-state index in [9.17, 15) is 4.79 Å². The molecule has 0 aromatic heterocycles. The minimum atomic E-state index is -0.154. The largest absolute Gasteiger partial charge is 0.394 e. The maximum absolute atomic E-state index is 11.6. The lowest BCUT2D eigenvalue weighted by Crippen LogP contribution is -2.47. The third-order valence-corrected chi connectivity index (χ3v) is 3.00. The first kappa shape index (κ1) is 13.3. The average molecular weight is 228 g/mol. The Bertz CT molecular complexity index is 227. The first-order valence-electron chi connectivity index (χ1n) is 6.20. The van der Waals surface area contributed by atoms with E-state index in [1.165, 1.54) is 12.8 Å². The van der Waals surface area contributed by atoms with E-state index in [1.807, 2.05) is 6.92 Å². The molecule has 4 nitrogen and oxygen atoms in total. The van der Waals surface area contributed by atoms with Crippen LogP contribution in [0.15, 0.2) is 0 Å². The van der Waals surface area contributed by atoms with Crippen molar-refractivity contribution in [2.24, 2.45) is 11.8 Å². The zero-order chi connectivity index (χ0) is 12.1. The Hall–Kier alpha value is -0.770. The van der Waals surface area contributed by atoms with Gasteiger partial charge < -0.3 is 15.7 Å². The third-order valence-electron chi connectivity index (χ3n) is 3.00. The maximum Gasteiger partial charge on any atom is 0.315 e. The van der Waals surface area contributed by atoms with E-state index in [-0.39, 0.29) is 24.7 Å². The number of carbonyl (C=O) groups excluding carboxylic acids is 1. The average Bonchev–Trinajstić information content (AvgIpc) is 2.98. The molecule has 2 unspecified atom stereocenters. The quantitative estimate of drug-likeness (QED) is 0.645. The van der Waals surface area contributed by atoms with Crippen LogP contribution in [0.3, 0.4) is 0 Å². The van der Waals surface area contributed by atoms with E-state index in [0.29, 0.717) is 11.8 Å². The molecule has 16 heavy (non-hydrogen) atoms. The highest BCUT2D eigenvalue weighted by Crippen LogP contribution is 2.32. The second-order valence-corrected chi connectivity index (χ2v) is 5.25. The van der Waals surface area contributed by atoms with Crippen LogP contribution in [0.4, 0.5) is 4.79 Å². The molecule has 2 amide bonds. The molecule has 2 atom stereocenters.